The molecule has 0 fully saturated rings. The number of fused-ring (bicyclic) bond motifs is 2. The average molecular weight is 616 g/mol. The Morgan fingerprint density at radius 1 is 1.16 bits per heavy atom. The van der Waals surface area contributed by atoms with Crippen LogP contribution in [-0.2, 0) is 27.3 Å². The molecule has 0 spiro atoms. The van der Waals surface area contributed by atoms with E-state index in [2.05, 4.69) is 31.3 Å². The van der Waals surface area contributed by atoms with E-state index in [1.54, 1.807) is 6.92 Å². The van der Waals surface area contributed by atoms with Gasteiger partial charge in [0.2, 0.25) is 23.6 Å². The van der Waals surface area contributed by atoms with Crippen molar-refractivity contribution in [3.63, 3.8) is 0 Å². The molecule has 2 bridgehead atoms. The largest absolute Gasteiger partial charge is 0.446 e. The Balaban J connectivity index is 1.60. The molecule has 1 aliphatic heterocycles. The molecule has 4 amide bonds. The fourth-order valence-corrected chi connectivity index (χ4v) is 4.74. The van der Waals surface area contributed by atoms with Crippen LogP contribution < -0.4 is 21.3 Å². The summed E-state index contributed by atoms with van der Waals surface area (Å²) in [6.45, 7) is 2.70. The fraction of sp³-hybridized carbons (Fsp3) is 0.448. The molecule has 0 aliphatic carbocycles. The first-order chi connectivity index (χ1) is 21.0. The summed E-state index contributed by atoms with van der Waals surface area (Å²) < 4.78 is 32.9. The Bertz CT molecular complexity index is 1460. The van der Waals surface area contributed by atoms with E-state index >= 15 is 0 Å². The van der Waals surface area contributed by atoms with Crippen molar-refractivity contribution in [2.75, 3.05) is 6.54 Å². The van der Waals surface area contributed by atoms with Gasteiger partial charge in [-0.3, -0.25) is 23.9 Å². The predicted molar refractivity (Wildman–Crippen MR) is 151 cm³/mol. The van der Waals surface area contributed by atoms with Crippen LogP contribution >= 0.6 is 0 Å². The highest BCUT2D eigenvalue weighted by atomic mass is 19.3. The van der Waals surface area contributed by atoms with Gasteiger partial charge >= 0.3 is 0 Å². The number of aromatic nitrogens is 3. The van der Waals surface area contributed by atoms with E-state index in [9.17, 15) is 33.1 Å². The van der Waals surface area contributed by atoms with Crippen molar-refractivity contribution >= 4 is 23.6 Å². The molecular weight excluding hydrogens is 580 g/mol. The SMILES string of the molecule is Cc1cc(C(F)F)nn1CC(=O)N[C@H]1CCCCNC(=O)[C@H]([C@@H](C)O)NC(=O)c2coc(n2)[C@H](Cc2ccccc2)NC1=O. The number of rotatable bonds is 7. The quantitative estimate of drug-likeness (QED) is 0.265. The molecule has 15 heteroatoms. The maximum absolute atomic E-state index is 13.6. The third-order valence-corrected chi connectivity index (χ3v) is 7.09. The number of hydrogen-bond acceptors (Lipinski definition) is 8. The maximum Gasteiger partial charge on any atom is 0.282 e. The highest BCUT2D eigenvalue weighted by Crippen LogP contribution is 2.20. The first kappa shape index (κ1) is 32.3. The Morgan fingerprint density at radius 2 is 1.91 bits per heavy atom. The zero-order valence-corrected chi connectivity index (χ0v) is 24.3. The predicted octanol–water partition coefficient (Wildman–Crippen LogP) is 1.48. The molecule has 0 saturated heterocycles. The highest BCUT2D eigenvalue weighted by molar-refractivity contribution is 5.96. The maximum atomic E-state index is 13.6. The molecule has 236 valence electrons. The van der Waals surface area contributed by atoms with Crippen molar-refractivity contribution in [2.45, 2.75) is 76.7 Å². The number of benzene rings is 1. The number of carbonyl (C=O) groups excluding carboxylic acids is 4. The average Bonchev–Trinajstić information content (AvgIpc) is 3.62. The van der Waals surface area contributed by atoms with E-state index in [1.165, 1.54) is 13.0 Å². The van der Waals surface area contributed by atoms with Gasteiger partial charge in [-0.1, -0.05) is 30.3 Å². The topological polar surface area (TPSA) is 180 Å². The Morgan fingerprint density at radius 3 is 2.59 bits per heavy atom. The molecule has 4 atom stereocenters. The number of carbonyl (C=O) groups is 4. The molecule has 5 N–H and O–H groups in total. The number of aryl methyl sites for hydroxylation is 1. The van der Waals surface area contributed by atoms with Gasteiger partial charge in [0.25, 0.3) is 12.3 Å². The summed E-state index contributed by atoms with van der Waals surface area (Å²) in [7, 11) is 0. The van der Waals surface area contributed by atoms with Crippen LogP contribution in [0.1, 0.15) is 72.0 Å². The first-order valence-corrected chi connectivity index (χ1v) is 14.2. The van der Waals surface area contributed by atoms with Crippen LogP contribution in [0.5, 0.6) is 0 Å². The minimum Gasteiger partial charge on any atom is -0.446 e. The van der Waals surface area contributed by atoms with Crippen molar-refractivity contribution < 1.29 is 37.5 Å². The molecular formula is C29H35F2N7O6. The fourth-order valence-electron chi connectivity index (χ4n) is 4.74. The Hall–Kier alpha value is -4.66. The summed E-state index contributed by atoms with van der Waals surface area (Å²) in [5.41, 5.74) is 0.559. The van der Waals surface area contributed by atoms with Crippen molar-refractivity contribution in [3.8, 4) is 0 Å². The highest BCUT2D eigenvalue weighted by Gasteiger charge is 2.30. The number of nitrogens with one attached hydrogen (secondary N) is 4. The van der Waals surface area contributed by atoms with E-state index in [1.807, 2.05) is 30.3 Å². The van der Waals surface area contributed by atoms with Crippen molar-refractivity contribution in [3.05, 3.63) is 71.2 Å². The number of hydrogen-bond donors (Lipinski definition) is 5. The van der Waals surface area contributed by atoms with E-state index in [4.69, 9.17) is 4.42 Å². The van der Waals surface area contributed by atoms with Gasteiger partial charge in [0, 0.05) is 18.7 Å². The molecule has 0 unspecified atom stereocenters. The second-order valence-electron chi connectivity index (χ2n) is 10.6. The molecule has 1 aromatic carbocycles. The smallest absolute Gasteiger partial charge is 0.282 e. The number of aliphatic hydroxyl groups is 1. The van der Waals surface area contributed by atoms with Crippen LogP contribution in [-0.4, -0.2) is 68.2 Å². The standard InChI is InChI=1S/C29H35F2N7O6/c1-16-12-20(25(30)31)37-38(16)14-23(40)33-19-10-6-7-11-32-28(43)24(17(2)39)36-27(42)22-15-44-29(35-22)21(34-26(19)41)13-18-8-4-3-5-9-18/h3-5,8-9,12,15,17,19,21,24-25,39H,6-7,10-11,13-14H2,1-2H3,(H,32,43)(H,33,40)(H,34,41)(H,36,42)/t17-,19+,21+,24+/m1/s1. The number of alkyl halides is 2. The summed E-state index contributed by atoms with van der Waals surface area (Å²) in [6, 6.07) is 7.20. The summed E-state index contributed by atoms with van der Waals surface area (Å²) in [5, 5.41) is 24.6. The Labute approximate surface area is 251 Å². The van der Waals surface area contributed by atoms with E-state index in [0.29, 0.717) is 18.5 Å². The van der Waals surface area contributed by atoms with Gasteiger partial charge in [-0.2, -0.15) is 5.10 Å². The second kappa shape index (κ2) is 14.7. The zero-order chi connectivity index (χ0) is 31.8. The summed E-state index contributed by atoms with van der Waals surface area (Å²) in [4.78, 5) is 56.5. The molecule has 1 aliphatic rings. The molecule has 13 nitrogen and oxygen atoms in total. The molecule has 2 aromatic heterocycles. The number of amides is 4. The van der Waals surface area contributed by atoms with Gasteiger partial charge < -0.3 is 30.8 Å². The van der Waals surface area contributed by atoms with Crippen LogP contribution in [0.25, 0.3) is 0 Å². The van der Waals surface area contributed by atoms with E-state index in [0.717, 1.165) is 16.5 Å². The van der Waals surface area contributed by atoms with Crippen LogP contribution in [0.2, 0.25) is 0 Å². The van der Waals surface area contributed by atoms with Gasteiger partial charge in [-0.05, 0) is 44.7 Å². The normalized spacial score (nSPS) is 20.9. The van der Waals surface area contributed by atoms with Gasteiger partial charge in [0.15, 0.2) is 5.69 Å². The molecule has 3 heterocycles. The minimum absolute atomic E-state index is 0.00858. The van der Waals surface area contributed by atoms with Crippen LogP contribution in [0.4, 0.5) is 8.78 Å². The van der Waals surface area contributed by atoms with Crippen LogP contribution in [0.15, 0.2) is 47.1 Å². The third kappa shape index (κ3) is 8.46. The van der Waals surface area contributed by atoms with Gasteiger partial charge in [-0.25, -0.2) is 13.8 Å². The number of aliphatic hydroxyl groups excluding tert-OH is 1. The molecule has 4 rings (SSSR count). The lowest BCUT2D eigenvalue weighted by molar-refractivity contribution is -0.130. The van der Waals surface area contributed by atoms with Gasteiger partial charge in [0.05, 0.1) is 6.10 Å². The lowest BCUT2D eigenvalue weighted by Gasteiger charge is -2.23. The third-order valence-electron chi connectivity index (χ3n) is 7.09. The summed E-state index contributed by atoms with van der Waals surface area (Å²) >= 11 is 0. The van der Waals surface area contributed by atoms with Crippen molar-refractivity contribution in [2.24, 2.45) is 0 Å². The second-order valence-corrected chi connectivity index (χ2v) is 10.6. The first-order valence-electron chi connectivity index (χ1n) is 14.2. The lowest BCUT2D eigenvalue weighted by atomic mass is 10.0. The molecule has 0 saturated carbocycles. The number of halogens is 2. The zero-order valence-electron chi connectivity index (χ0n) is 24.3. The molecule has 0 radical (unpaired) electrons. The van der Waals surface area contributed by atoms with Crippen LogP contribution in [0, 0.1) is 6.92 Å². The minimum atomic E-state index is -2.79. The van der Waals surface area contributed by atoms with Crippen molar-refractivity contribution in [1.29, 1.82) is 0 Å². The van der Waals surface area contributed by atoms with Gasteiger partial charge in [-0.15, -0.1) is 0 Å². The van der Waals surface area contributed by atoms with E-state index < -0.39 is 60.0 Å². The number of oxazole rings is 1. The van der Waals surface area contributed by atoms with Crippen molar-refractivity contribution in [1.82, 2.24) is 36.0 Å². The van der Waals surface area contributed by atoms with Crippen LogP contribution in [0.3, 0.4) is 0 Å². The van der Waals surface area contributed by atoms with Gasteiger partial charge in [0.1, 0.15) is 36.6 Å². The number of nitrogens with zero attached hydrogens (tertiary/aromatic N) is 3. The summed E-state index contributed by atoms with van der Waals surface area (Å²) in [5.74, 6) is -2.53. The Kier molecular flexibility index (Phi) is 10.8. The van der Waals surface area contributed by atoms with E-state index in [-0.39, 0.29) is 37.5 Å². The molecule has 44 heavy (non-hydrogen) atoms. The molecule has 3 aromatic rings. The lowest BCUT2D eigenvalue weighted by Crippen LogP contribution is -2.52. The monoisotopic (exact) mass is 615 g/mol. The summed E-state index contributed by atoms with van der Waals surface area (Å²) in [6.07, 6.45) is -1.69.